The molecule has 3 heterocycles. The summed E-state index contributed by atoms with van der Waals surface area (Å²) in [5, 5.41) is 1.11. The highest BCUT2D eigenvalue weighted by atomic mass is 15.2. The zero-order chi connectivity index (χ0) is 30.5. The van der Waals surface area contributed by atoms with E-state index in [0.717, 1.165) is 33.3 Å². The van der Waals surface area contributed by atoms with Crippen molar-refractivity contribution in [1.29, 1.82) is 0 Å². The molecule has 0 spiro atoms. The van der Waals surface area contributed by atoms with Crippen LogP contribution in [-0.4, -0.2) is 24.5 Å². The van der Waals surface area contributed by atoms with E-state index >= 15 is 0 Å². The Balaban J connectivity index is 1.31. The molecule has 216 valence electrons. The van der Waals surface area contributed by atoms with E-state index in [-0.39, 0.29) is 0 Å². The summed E-state index contributed by atoms with van der Waals surface area (Å²) in [6, 6.07) is 52.5. The summed E-state index contributed by atoms with van der Waals surface area (Å²) in [5.74, 6) is 1.80. The van der Waals surface area contributed by atoms with Crippen LogP contribution in [0.1, 0.15) is 22.4 Å². The molecule has 3 aromatic heterocycles. The van der Waals surface area contributed by atoms with Crippen LogP contribution in [-0.2, 0) is 5.41 Å². The van der Waals surface area contributed by atoms with Gasteiger partial charge in [-0.15, -0.1) is 0 Å². The minimum absolute atomic E-state index is 0.549. The highest BCUT2D eigenvalue weighted by Crippen LogP contribution is 2.56. The van der Waals surface area contributed by atoms with E-state index in [1.807, 2.05) is 71.4 Å². The number of rotatable bonds is 5. The molecule has 9 rings (SSSR count). The van der Waals surface area contributed by atoms with Crippen molar-refractivity contribution < 1.29 is 0 Å². The first-order valence-electron chi connectivity index (χ1n) is 15.4. The summed E-state index contributed by atoms with van der Waals surface area (Å²) in [6.45, 7) is 0. The lowest BCUT2D eigenvalue weighted by Gasteiger charge is -2.32. The Morgan fingerprint density at radius 2 is 1.02 bits per heavy atom. The molecule has 0 amide bonds. The van der Waals surface area contributed by atoms with Crippen molar-refractivity contribution in [3.05, 3.63) is 186 Å². The Morgan fingerprint density at radius 3 is 1.61 bits per heavy atom. The van der Waals surface area contributed by atoms with Gasteiger partial charge in [0.25, 0.3) is 0 Å². The minimum Gasteiger partial charge on any atom is -0.284 e. The first-order chi connectivity index (χ1) is 22.8. The van der Waals surface area contributed by atoms with Crippen molar-refractivity contribution in [3.63, 3.8) is 0 Å². The van der Waals surface area contributed by atoms with E-state index in [1.165, 1.54) is 22.3 Å². The summed E-state index contributed by atoms with van der Waals surface area (Å²) >= 11 is 0. The van der Waals surface area contributed by atoms with Crippen LogP contribution in [0.4, 0.5) is 0 Å². The average molecular weight is 590 g/mol. The van der Waals surface area contributed by atoms with Crippen LogP contribution in [0.2, 0.25) is 0 Å². The highest BCUT2D eigenvalue weighted by molar-refractivity contribution is 6.02. The summed E-state index contributed by atoms with van der Waals surface area (Å²) in [5.41, 5.74) is 9.22. The van der Waals surface area contributed by atoms with Crippen LogP contribution < -0.4 is 0 Å². The number of aromatic nitrogens is 5. The van der Waals surface area contributed by atoms with E-state index in [4.69, 9.17) is 19.9 Å². The molecule has 0 aliphatic heterocycles. The van der Waals surface area contributed by atoms with Crippen molar-refractivity contribution in [1.82, 2.24) is 24.5 Å². The van der Waals surface area contributed by atoms with Gasteiger partial charge in [-0.05, 0) is 28.3 Å². The van der Waals surface area contributed by atoms with Gasteiger partial charge in [-0.25, -0.2) is 4.98 Å². The fraction of sp³-hybridized carbons (Fsp3) is 0.0244. The van der Waals surface area contributed by atoms with Gasteiger partial charge < -0.3 is 0 Å². The molecule has 0 bridgehead atoms. The van der Waals surface area contributed by atoms with Crippen LogP contribution in [0.3, 0.4) is 0 Å². The third-order valence-corrected chi connectivity index (χ3v) is 9.02. The van der Waals surface area contributed by atoms with Crippen molar-refractivity contribution in [2.45, 2.75) is 5.41 Å². The van der Waals surface area contributed by atoms with Crippen molar-refractivity contribution in [2.75, 3.05) is 0 Å². The summed E-state index contributed by atoms with van der Waals surface area (Å²) in [7, 11) is 0. The van der Waals surface area contributed by atoms with Crippen molar-refractivity contribution in [3.8, 4) is 39.9 Å². The fourth-order valence-electron chi connectivity index (χ4n) is 7.03. The molecule has 0 saturated carbocycles. The molecule has 1 aliphatic rings. The maximum atomic E-state index is 5.34. The third kappa shape index (κ3) is 3.88. The number of nitrogens with zero attached hydrogens (tertiary/aromatic N) is 5. The Hall–Kier alpha value is -6.20. The molecule has 0 fully saturated rings. The van der Waals surface area contributed by atoms with E-state index in [1.54, 1.807) is 0 Å². The molecule has 0 unspecified atom stereocenters. The Labute approximate surface area is 266 Å². The van der Waals surface area contributed by atoms with Gasteiger partial charge in [0.15, 0.2) is 11.6 Å². The van der Waals surface area contributed by atoms with Gasteiger partial charge in [-0.2, -0.15) is 9.97 Å². The SMILES string of the molecule is c1ccc(-c2nc(-c3ccccc3)nc(-n3ccc4c5c(ncc43)C(c3ccccc3)(c3ccccc3)c3ccccc3-5)n2)cc1. The quantitative estimate of drug-likeness (QED) is 0.201. The maximum Gasteiger partial charge on any atom is 0.238 e. The highest BCUT2D eigenvalue weighted by Gasteiger charge is 2.48. The molecule has 8 aromatic rings. The predicted octanol–water partition coefficient (Wildman–Crippen LogP) is 8.91. The second-order valence-corrected chi connectivity index (χ2v) is 11.5. The Bertz CT molecular complexity index is 2250. The number of hydrogen-bond donors (Lipinski definition) is 0. The summed E-state index contributed by atoms with van der Waals surface area (Å²) in [6.07, 6.45) is 4.04. The predicted molar refractivity (Wildman–Crippen MR) is 183 cm³/mol. The molecule has 5 heteroatoms. The molecule has 0 saturated heterocycles. The fourth-order valence-corrected chi connectivity index (χ4v) is 7.03. The number of pyridine rings is 1. The molecular weight excluding hydrogens is 562 g/mol. The zero-order valence-electron chi connectivity index (χ0n) is 24.8. The number of hydrogen-bond acceptors (Lipinski definition) is 4. The van der Waals surface area contributed by atoms with E-state index in [9.17, 15) is 0 Å². The first-order valence-corrected chi connectivity index (χ1v) is 15.4. The van der Waals surface area contributed by atoms with Crippen molar-refractivity contribution >= 4 is 10.9 Å². The molecule has 5 aromatic carbocycles. The molecule has 0 radical (unpaired) electrons. The molecule has 5 nitrogen and oxygen atoms in total. The van der Waals surface area contributed by atoms with Gasteiger partial charge in [-0.1, -0.05) is 146 Å². The van der Waals surface area contributed by atoms with Crippen LogP contribution in [0, 0.1) is 0 Å². The van der Waals surface area contributed by atoms with Gasteiger partial charge in [-0.3, -0.25) is 9.55 Å². The lowest BCUT2D eigenvalue weighted by atomic mass is 9.69. The van der Waals surface area contributed by atoms with Crippen LogP contribution in [0.15, 0.2) is 164 Å². The molecular formula is C41H27N5. The minimum atomic E-state index is -0.557. The van der Waals surface area contributed by atoms with E-state index in [2.05, 4.69) is 97.2 Å². The molecule has 46 heavy (non-hydrogen) atoms. The van der Waals surface area contributed by atoms with Gasteiger partial charge in [0.1, 0.15) is 0 Å². The van der Waals surface area contributed by atoms with Crippen LogP contribution >= 0.6 is 0 Å². The maximum absolute atomic E-state index is 5.34. The third-order valence-electron chi connectivity index (χ3n) is 9.02. The summed E-state index contributed by atoms with van der Waals surface area (Å²) < 4.78 is 2.04. The largest absolute Gasteiger partial charge is 0.284 e. The van der Waals surface area contributed by atoms with Gasteiger partial charge >= 0.3 is 0 Å². The molecule has 1 aliphatic carbocycles. The van der Waals surface area contributed by atoms with Crippen LogP contribution in [0.25, 0.3) is 50.8 Å². The number of fused-ring (bicyclic) bond motifs is 5. The van der Waals surface area contributed by atoms with Crippen LogP contribution in [0.5, 0.6) is 0 Å². The second kappa shape index (κ2) is 10.5. The molecule has 0 N–H and O–H groups in total. The Kier molecular flexibility index (Phi) is 5.96. The summed E-state index contributed by atoms with van der Waals surface area (Å²) in [4.78, 5) is 20.2. The number of benzene rings is 5. The van der Waals surface area contributed by atoms with Gasteiger partial charge in [0.2, 0.25) is 5.95 Å². The molecule has 0 atom stereocenters. The monoisotopic (exact) mass is 589 g/mol. The topological polar surface area (TPSA) is 56.5 Å². The normalized spacial score (nSPS) is 13.0. The smallest absolute Gasteiger partial charge is 0.238 e. The van der Waals surface area contributed by atoms with E-state index < -0.39 is 5.41 Å². The Morgan fingerprint density at radius 1 is 0.500 bits per heavy atom. The average Bonchev–Trinajstić information content (AvgIpc) is 3.71. The van der Waals surface area contributed by atoms with Gasteiger partial charge in [0.05, 0.1) is 22.8 Å². The zero-order valence-corrected chi connectivity index (χ0v) is 24.8. The van der Waals surface area contributed by atoms with E-state index in [0.29, 0.717) is 17.6 Å². The first kappa shape index (κ1) is 26.2. The van der Waals surface area contributed by atoms with Gasteiger partial charge in [0, 0.05) is 28.3 Å². The van der Waals surface area contributed by atoms with Crippen molar-refractivity contribution in [2.24, 2.45) is 0 Å². The lowest BCUT2D eigenvalue weighted by molar-refractivity contribution is 0.739. The standard InChI is InChI=1S/C41H27N5/c1-5-15-28(16-6-1)38-43-39(29-17-7-2-8-18-29)45-40(44-38)46-26-25-33-35(46)27-42-37-36(33)32-23-13-14-24-34(32)41(37,30-19-9-3-10-20-30)31-21-11-4-12-22-31/h1-27H. The second-order valence-electron chi connectivity index (χ2n) is 11.5. The lowest BCUT2D eigenvalue weighted by Crippen LogP contribution is -2.29.